The number of carbonyl (C=O) groups excluding carboxylic acids is 2. The molecule has 8 heteroatoms. The van der Waals surface area contributed by atoms with Gasteiger partial charge in [0.25, 0.3) is 5.91 Å². The molecular formula is C25H27N5O2S. The smallest absolute Gasteiger partial charge is 0.257 e. The number of carbonyl (C=O) groups is 2. The Labute approximate surface area is 197 Å². The quantitative estimate of drug-likeness (QED) is 0.507. The molecule has 7 nitrogen and oxygen atoms in total. The van der Waals surface area contributed by atoms with Crippen LogP contribution in [0.3, 0.4) is 0 Å². The summed E-state index contributed by atoms with van der Waals surface area (Å²) in [5, 5.41) is 8.31. The van der Waals surface area contributed by atoms with E-state index in [9.17, 15) is 9.59 Å². The Kier molecular flexibility index (Phi) is 5.86. The van der Waals surface area contributed by atoms with Crippen LogP contribution < -0.4 is 21.3 Å². The third kappa shape index (κ3) is 4.49. The Hall–Kier alpha value is -3.23. The third-order valence-electron chi connectivity index (χ3n) is 6.72. The lowest BCUT2D eigenvalue weighted by molar-refractivity contribution is -0.121. The summed E-state index contributed by atoms with van der Waals surface area (Å²) in [5.41, 5.74) is 8.75. The van der Waals surface area contributed by atoms with Gasteiger partial charge in [-0.05, 0) is 79.0 Å². The molecule has 0 radical (unpaired) electrons. The van der Waals surface area contributed by atoms with E-state index in [4.69, 9.17) is 5.73 Å². The number of rotatable bonds is 4. The van der Waals surface area contributed by atoms with Gasteiger partial charge >= 0.3 is 0 Å². The molecule has 2 fully saturated rings. The first-order valence-electron chi connectivity index (χ1n) is 11.2. The summed E-state index contributed by atoms with van der Waals surface area (Å²) in [6.45, 7) is 2.68. The van der Waals surface area contributed by atoms with Gasteiger partial charge in [-0.2, -0.15) is 0 Å². The number of anilines is 3. The molecule has 0 unspecified atom stereocenters. The molecule has 170 valence electrons. The number of piperidine rings is 2. The molecule has 2 aliphatic heterocycles. The van der Waals surface area contributed by atoms with Gasteiger partial charge in [-0.15, -0.1) is 11.3 Å². The highest BCUT2D eigenvalue weighted by Crippen LogP contribution is 2.39. The van der Waals surface area contributed by atoms with Crippen molar-refractivity contribution in [3.63, 3.8) is 0 Å². The Morgan fingerprint density at radius 1 is 1.15 bits per heavy atom. The van der Waals surface area contributed by atoms with Crippen LogP contribution in [0.1, 0.15) is 36.0 Å². The number of nitrogens with one attached hydrogen (secondary N) is 2. The molecule has 0 saturated carbocycles. The Morgan fingerprint density at radius 2 is 2.00 bits per heavy atom. The zero-order valence-corrected chi connectivity index (χ0v) is 19.2. The number of benzene rings is 1. The van der Waals surface area contributed by atoms with Gasteiger partial charge in [0, 0.05) is 24.0 Å². The van der Waals surface area contributed by atoms with Gasteiger partial charge in [-0.1, -0.05) is 12.1 Å². The predicted molar refractivity (Wildman–Crippen MR) is 132 cm³/mol. The molecule has 2 saturated heterocycles. The van der Waals surface area contributed by atoms with Gasteiger partial charge in [0.1, 0.15) is 5.82 Å². The van der Waals surface area contributed by atoms with Crippen LogP contribution in [0.4, 0.5) is 17.2 Å². The van der Waals surface area contributed by atoms with Crippen LogP contribution in [0.5, 0.6) is 0 Å². The summed E-state index contributed by atoms with van der Waals surface area (Å²) in [6, 6.07) is 13.1. The number of pyridine rings is 1. The Morgan fingerprint density at radius 3 is 2.73 bits per heavy atom. The number of amides is 2. The van der Waals surface area contributed by atoms with E-state index in [2.05, 4.69) is 15.6 Å². The van der Waals surface area contributed by atoms with E-state index in [1.165, 1.54) is 6.20 Å². The molecule has 1 spiro atoms. The highest BCUT2D eigenvalue weighted by atomic mass is 32.1. The molecule has 2 aliphatic rings. The van der Waals surface area contributed by atoms with E-state index >= 15 is 0 Å². The molecule has 3 aromatic rings. The minimum atomic E-state index is -0.288. The van der Waals surface area contributed by atoms with Crippen LogP contribution in [0.25, 0.3) is 10.4 Å². The fourth-order valence-electron chi connectivity index (χ4n) is 4.72. The number of thiophene rings is 1. The van der Waals surface area contributed by atoms with Crippen LogP contribution in [0.15, 0.2) is 54.0 Å². The first-order valence-corrected chi connectivity index (χ1v) is 12.1. The number of nitrogens with zero attached hydrogens (tertiary/aromatic N) is 2. The van der Waals surface area contributed by atoms with Crippen LogP contribution in [-0.2, 0) is 4.79 Å². The van der Waals surface area contributed by atoms with Crippen molar-refractivity contribution in [3.8, 4) is 10.4 Å². The number of nitrogens with two attached hydrogens (primary N) is 1. The number of nitrogen functional groups attached to an aromatic ring is 1. The zero-order chi connectivity index (χ0) is 22.8. The van der Waals surface area contributed by atoms with Crippen molar-refractivity contribution in [3.05, 3.63) is 59.6 Å². The summed E-state index contributed by atoms with van der Waals surface area (Å²) in [7, 11) is 0. The molecule has 1 aromatic carbocycles. The molecule has 33 heavy (non-hydrogen) atoms. The fourth-order valence-corrected chi connectivity index (χ4v) is 5.44. The number of hydrogen-bond donors (Lipinski definition) is 3. The summed E-state index contributed by atoms with van der Waals surface area (Å²) in [5.74, 6) is 0.416. The van der Waals surface area contributed by atoms with E-state index in [0.717, 1.165) is 42.8 Å². The lowest BCUT2D eigenvalue weighted by Crippen LogP contribution is -2.51. The summed E-state index contributed by atoms with van der Waals surface area (Å²) < 4.78 is 0. The van der Waals surface area contributed by atoms with Crippen molar-refractivity contribution >= 4 is 40.3 Å². The van der Waals surface area contributed by atoms with E-state index in [-0.39, 0.29) is 17.2 Å². The molecule has 0 atom stereocenters. The fraction of sp³-hybridized carbons (Fsp3) is 0.320. The summed E-state index contributed by atoms with van der Waals surface area (Å²) >= 11 is 1.63. The number of aromatic nitrogens is 1. The molecule has 4 heterocycles. The van der Waals surface area contributed by atoms with Crippen molar-refractivity contribution in [2.45, 2.75) is 25.7 Å². The molecule has 0 bridgehead atoms. The van der Waals surface area contributed by atoms with Crippen LogP contribution >= 0.6 is 11.3 Å². The van der Waals surface area contributed by atoms with Crippen LogP contribution in [-0.4, -0.2) is 36.4 Å². The second-order valence-electron chi connectivity index (χ2n) is 8.87. The number of hydrogen-bond acceptors (Lipinski definition) is 6. The Balaban J connectivity index is 1.31. The monoisotopic (exact) mass is 461 g/mol. The van der Waals surface area contributed by atoms with E-state index < -0.39 is 0 Å². The summed E-state index contributed by atoms with van der Waals surface area (Å²) in [4.78, 5) is 32.9. The predicted octanol–water partition coefficient (Wildman–Crippen LogP) is 4.14. The van der Waals surface area contributed by atoms with Gasteiger partial charge in [0.05, 0.1) is 16.9 Å². The minimum absolute atomic E-state index is 0.0991. The second-order valence-corrected chi connectivity index (χ2v) is 9.82. The first-order chi connectivity index (χ1) is 16.0. The van der Waals surface area contributed by atoms with Gasteiger partial charge < -0.3 is 16.4 Å². The molecule has 5 rings (SSSR count). The maximum Gasteiger partial charge on any atom is 0.257 e. The van der Waals surface area contributed by atoms with Crippen molar-refractivity contribution in [2.24, 2.45) is 5.41 Å². The maximum atomic E-state index is 12.9. The second kappa shape index (κ2) is 8.96. The van der Waals surface area contributed by atoms with E-state index in [1.807, 2.05) is 29.6 Å². The minimum Gasteiger partial charge on any atom is -0.397 e. The van der Waals surface area contributed by atoms with Crippen molar-refractivity contribution in [1.29, 1.82) is 0 Å². The normalized spacial score (nSPS) is 17.8. The SMILES string of the molecule is Nc1ccc(-c2cccs2)cc1NC(=O)c1ccc(N2CC3(CCNCC3)CCC2=O)nc1. The van der Waals surface area contributed by atoms with Crippen molar-refractivity contribution < 1.29 is 9.59 Å². The van der Waals surface area contributed by atoms with Crippen molar-refractivity contribution in [1.82, 2.24) is 10.3 Å². The maximum absolute atomic E-state index is 12.9. The van der Waals surface area contributed by atoms with Crippen LogP contribution in [0.2, 0.25) is 0 Å². The van der Waals surface area contributed by atoms with E-state index in [1.54, 1.807) is 34.4 Å². The molecule has 0 aliphatic carbocycles. The molecule has 4 N–H and O–H groups in total. The molecule has 2 amide bonds. The Bertz CT molecular complexity index is 1150. The van der Waals surface area contributed by atoms with Gasteiger partial charge in [-0.25, -0.2) is 4.98 Å². The van der Waals surface area contributed by atoms with E-state index in [0.29, 0.717) is 35.7 Å². The standard InChI is InChI=1S/C25H27N5O2S/c26-19-5-3-17(21-2-1-13-33-21)14-20(19)29-24(32)18-4-6-22(28-15-18)30-16-25(8-7-23(30)31)9-11-27-12-10-25/h1-6,13-15,27H,7-12,16,26H2,(H,29,32). The third-order valence-corrected chi connectivity index (χ3v) is 7.64. The average Bonchev–Trinajstić information content (AvgIpc) is 3.38. The average molecular weight is 462 g/mol. The largest absolute Gasteiger partial charge is 0.397 e. The summed E-state index contributed by atoms with van der Waals surface area (Å²) in [6.07, 6.45) is 5.16. The van der Waals surface area contributed by atoms with Gasteiger partial charge in [0.2, 0.25) is 5.91 Å². The van der Waals surface area contributed by atoms with Crippen molar-refractivity contribution in [2.75, 3.05) is 35.6 Å². The lowest BCUT2D eigenvalue weighted by Gasteiger charge is -2.44. The van der Waals surface area contributed by atoms with Crippen LogP contribution in [0, 0.1) is 5.41 Å². The molecular weight excluding hydrogens is 434 g/mol. The van der Waals surface area contributed by atoms with Gasteiger partial charge in [0.15, 0.2) is 0 Å². The highest BCUT2D eigenvalue weighted by Gasteiger charge is 2.40. The molecule has 2 aromatic heterocycles. The zero-order valence-electron chi connectivity index (χ0n) is 18.3. The lowest BCUT2D eigenvalue weighted by atomic mass is 9.73. The van der Waals surface area contributed by atoms with Gasteiger partial charge in [-0.3, -0.25) is 14.5 Å². The highest BCUT2D eigenvalue weighted by molar-refractivity contribution is 7.13. The topological polar surface area (TPSA) is 100 Å². The first kappa shape index (κ1) is 21.6.